The van der Waals surface area contributed by atoms with E-state index in [-0.39, 0.29) is 23.6 Å². The van der Waals surface area contributed by atoms with Crippen molar-refractivity contribution < 1.29 is 14.4 Å². The monoisotopic (exact) mass is 528 g/mol. The Morgan fingerprint density at radius 1 is 1.18 bits per heavy atom. The molecule has 0 radical (unpaired) electrons. The van der Waals surface area contributed by atoms with Gasteiger partial charge < -0.3 is 15.1 Å². The van der Waals surface area contributed by atoms with E-state index < -0.39 is 12.1 Å². The summed E-state index contributed by atoms with van der Waals surface area (Å²) in [6, 6.07) is 14.4. The number of benzene rings is 2. The van der Waals surface area contributed by atoms with Crippen molar-refractivity contribution >= 4 is 35.1 Å². The number of carbonyl (C=O) groups excluding carboxylic acids is 3. The molecule has 3 amide bonds. The second-order valence-corrected chi connectivity index (χ2v) is 11.0. The van der Waals surface area contributed by atoms with Crippen molar-refractivity contribution in [1.82, 2.24) is 20.1 Å². The first-order chi connectivity index (χ1) is 18.4. The van der Waals surface area contributed by atoms with Crippen LogP contribution in [0, 0.1) is 5.92 Å². The number of nitrogens with zero attached hydrogens (tertiary/aromatic N) is 3. The molecule has 3 aromatic rings. The number of carbonyl (C=O) groups is 3. The maximum atomic E-state index is 13.8. The lowest BCUT2D eigenvalue weighted by Crippen LogP contribution is -2.55. The third kappa shape index (κ3) is 4.88. The van der Waals surface area contributed by atoms with Crippen molar-refractivity contribution in [3.63, 3.8) is 0 Å². The number of amides is 3. The minimum atomic E-state index is -0.608. The molecule has 2 aromatic carbocycles. The van der Waals surface area contributed by atoms with Crippen LogP contribution in [0.2, 0.25) is 0 Å². The molecule has 8 heteroatoms. The highest BCUT2D eigenvalue weighted by Crippen LogP contribution is 2.31. The van der Waals surface area contributed by atoms with Gasteiger partial charge in [-0.3, -0.25) is 14.4 Å². The molecule has 1 saturated heterocycles. The molecule has 2 unspecified atom stereocenters. The van der Waals surface area contributed by atoms with Gasteiger partial charge in [0.2, 0.25) is 11.8 Å². The SMILES string of the molecule is C=Cc1ncsc1-c1ccc(CNC(=O)C2CCCN2C(=O)C(C(C)C)N2Cc3ccccc3C2=O)cc1. The number of hydrogen-bond acceptors (Lipinski definition) is 5. The summed E-state index contributed by atoms with van der Waals surface area (Å²) in [7, 11) is 0. The van der Waals surface area contributed by atoms with E-state index in [1.807, 2.05) is 62.4 Å². The zero-order chi connectivity index (χ0) is 26.8. The molecular weight excluding hydrogens is 496 g/mol. The lowest BCUT2D eigenvalue weighted by molar-refractivity contribution is -0.143. The van der Waals surface area contributed by atoms with E-state index in [4.69, 9.17) is 0 Å². The number of aromatic nitrogens is 1. The molecule has 196 valence electrons. The summed E-state index contributed by atoms with van der Waals surface area (Å²) >= 11 is 1.57. The van der Waals surface area contributed by atoms with Crippen LogP contribution in [0.4, 0.5) is 0 Å². The fraction of sp³-hybridized carbons (Fsp3) is 0.333. The van der Waals surface area contributed by atoms with Crippen molar-refractivity contribution in [2.24, 2.45) is 5.92 Å². The van der Waals surface area contributed by atoms with Gasteiger partial charge in [0, 0.05) is 25.2 Å². The molecule has 1 N–H and O–H groups in total. The Balaban J connectivity index is 1.24. The Labute approximate surface area is 227 Å². The van der Waals surface area contributed by atoms with Gasteiger partial charge in [0.1, 0.15) is 12.1 Å². The van der Waals surface area contributed by atoms with Gasteiger partial charge in [-0.1, -0.05) is 62.9 Å². The molecule has 2 atom stereocenters. The first-order valence-electron chi connectivity index (χ1n) is 13.0. The van der Waals surface area contributed by atoms with Gasteiger partial charge in [-0.05, 0) is 47.6 Å². The number of rotatable bonds is 8. The lowest BCUT2D eigenvalue weighted by atomic mass is 10.0. The summed E-state index contributed by atoms with van der Waals surface area (Å²) in [5, 5.41) is 3.02. The van der Waals surface area contributed by atoms with Crippen LogP contribution in [0.15, 0.2) is 60.6 Å². The van der Waals surface area contributed by atoms with Gasteiger partial charge in [-0.2, -0.15) is 0 Å². The molecule has 7 nitrogen and oxygen atoms in total. The second kappa shape index (κ2) is 10.9. The van der Waals surface area contributed by atoms with E-state index >= 15 is 0 Å². The Kier molecular flexibility index (Phi) is 7.42. The molecule has 38 heavy (non-hydrogen) atoms. The van der Waals surface area contributed by atoms with E-state index in [1.54, 1.807) is 32.7 Å². The van der Waals surface area contributed by atoms with Crippen molar-refractivity contribution in [3.8, 4) is 10.4 Å². The van der Waals surface area contributed by atoms with Crippen molar-refractivity contribution in [2.75, 3.05) is 6.54 Å². The topological polar surface area (TPSA) is 82.6 Å². The number of fused-ring (bicyclic) bond motifs is 1. The molecule has 5 rings (SSSR count). The van der Waals surface area contributed by atoms with Crippen molar-refractivity contribution in [1.29, 1.82) is 0 Å². The zero-order valence-corrected chi connectivity index (χ0v) is 22.5. The smallest absolute Gasteiger partial charge is 0.255 e. The Bertz CT molecular complexity index is 1360. The average molecular weight is 529 g/mol. The third-order valence-corrected chi connectivity index (χ3v) is 8.27. The highest BCUT2D eigenvalue weighted by atomic mass is 32.1. The normalized spacial score (nSPS) is 17.6. The standard InChI is InChI=1S/C30H32N4O3S/c1-4-24-27(38-18-32-24)21-13-11-20(12-14-21)16-31-28(35)25-10-7-15-33(25)30(37)26(19(2)3)34-17-22-8-5-6-9-23(22)29(34)36/h4-6,8-9,11-14,18-19,25-26H,1,7,10,15-17H2,2-3H3,(H,31,35). The maximum absolute atomic E-state index is 13.8. The van der Waals surface area contributed by atoms with Crippen LogP contribution in [0.3, 0.4) is 0 Å². The summed E-state index contributed by atoms with van der Waals surface area (Å²) in [4.78, 5) is 48.9. The average Bonchev–Trinajstić information content (AvgIpc) is 3.67. The van der Waals surface area contributed by atoms with Crippen LogP contribution in [-0.2, 0) is 22.7 Å². The van der Waals surface area contributed by atoms with Gasteiger partial charge in [0.25, 0.3) is 5.91 Å². The number of likely N-dealkylation sites (tertiary alicyclic amines) is 1. The van der Waals surface area contributed by atoms with Gasteiger partial charge in [0.05, 0.1) is 16.1 Å². The molecule has 0 aliphatic carbocycles. The van der Waals surface area contributed by atoms with Gasteiger partial charge in [0.15, 0.2) is 0 Å². The summed E-state index contributed by atoms with van der Waals surface area (Å²) in [6.07, 6.45) is 3.13. The summed E-state index contributed by atoms with van der Waals surface area (Å²) < 4.78 is 0. The van der Waals surface area contributed by atoms with Crippen LogP contribution in [0.5, 0.6) is 0 Å². The van der Waals surface area contributed by atoms with Crippen LogP contribution in [-0.4, -0.2) is 51.1 Å². The summed E-state index contributed by atoms with van der Waals surface area (Å²) in [5.74, 6) is -0.501. The Morgan fingerprint density at radius 2 is 1.95 bits per heavy atom. The van der Waals surface area contributed by atoms with Crippen LogP contribution in [0.1, 0.15) is 53.9 Å². The molecule has 2 aliphatic rings. The fourth-order valence-electron chi connectivity index (χ4n) is 5.45. The molecule has 1 aromatic heterocycles. The molecular formula is C30H32N4O3S. The van der Waals surface area contributed by atoms with Crippen LogP contribution < -0.4 is 5.32 Å². The first-order valence-corrected chi connectivity index (χ1v) is 13.9. The van der Waals surface area contributed by atoms with E-state index in [1.165, 1.54) is 0 Å². The third-order valence-electron chi connectivity index (χ3n) is 7.38. The van der Waals surface area contributed by atoms with Crippen LogP contribution in [0.25, 0.3) is 16.5 Å². The van der Waals surface area contributed by atoms with E-state index in [9.17, 15) is 14.4 Å². The zero-order valence-electron chi connectivity index (χ0n) is 21.7. The van der Waals surface area contributed by atoms with Gasteiger partial charge >= 0.3 is 0 Å². The van der Waals surface area contributed by atoms with Crippen molar-refractivity contribution in [3.05, 3.63) is 83.0 Å². The maximum Gasteiger partial charge on any atom is 0.255 e. The lowest BCUT2D eigenvalue weighted by Gasteiger charge is -2.35. The highest BCUT2D eigenvalue weighted by Gasteiger charge is 2.43. The van der Waals surface area contributed by atoms with Gasteiger partial charge in [-0.25, -0.2) is 4.98 Å². The minimum absolute atomic E-state index is 0.0799. The van der Waals surface area contributed by atoms with E-state index in [2.05, 4.69) is 16.9 Å². The van der Waals surface area contributed by atoms with Crippen LogP contribution >= 0.6 is 11.3 Å². The highest BCUT2D eigenvalue weighted by molar-refractivity contribution is 7.13. The molecule has 3 heterocycles. The van der Waals surface area contributed by atoms with E-state index in [0.717, 1.165) is 33.7 Å². The molecule has 0 saturated carbocycles. The molecule has 0 bridgehead atoms. The molecule has 1 fully saturated rings. The van der Waals surface area contributed by atoms with Crippen molar-refractivity contribution in [2.45, 2.75) is 51.9 Å². The van der Waals surface area contributed by atoms with E-state index in [0.29, 0.717) is 31.6 Å². The number of hydrogen-bond donors (Lipinski definition) is 1. The largest absolute Gasteiger partial charge is 0.350 e. The summed E-state index contributed by atoms with van der Waals surface area (Å²) in [6.45, 7) is 9.04. The predicted molar refractivity (Wildman–Crippen MR) is 149 cm³/mol. The second-order valence-electron chi connectivity index (χ2n) is 10.2. The Hall–Kier alpha value is -3.78. The quantitative estimate of drug-likeness (QED) is 0.458. The fourth-order valence-corrected chi connectivity index (χ4v) is 6.25. The predicted octanol–water partition coefficient (Wildman–Crippen LogP) is 4.74. The Morgan fingerprint density at radius 3 is 2.66 bits per heavy atom. The summed E-state index contributed by atoms with van der Waals surface area (Å²) in [5.41, 5.74) is 6.29. The minimum Gasteiger partial charge on any atom is -0.350 e. The number of thiazole rings is 1. The van der Waals surface area contributed by atoms with Gasteiger partial charge in [-0.15, -0.1) is 11.3 Å². The molecule has 0 spiro atoms. The number of nitrogens with one attached hydrogen (secondary N) is 1. The molecule has 2 aliphatic heterocycles. The first kappa shape index (κ1) is 25.9.